The molecule has 1 N–H and O–H groups in total. The summed E-state index contributed by atoms with van der Waals surface area (Å²) in [6.07, 6.45) is 4.24. The molecule has 0 aliphatic heterocycles. The predicted molar refractivity (Wildman–Crippen MR) is 71.4 cm³/mol. The molecule has 0 saturated heterocycles. The van der Waals surface area contributed by atoms with Crippen LogP contribution in [0.25, 0.3) is 0 Å². The molecule has 1 fully saturated rings. The van der Waals surface area contributed by atoms with Gasteiger partial charge in [0.05, 0.1) is 27.7 Å². The number of halogens is 2. The summed E-state index contributed by atoms with van der Waals surface area (Å²) in [5, 5.41) is 13.7. The van der Waals surface area contributed by atoms with Gasteiger partial charge in [-0.1, -0.05) is 42.1 Å². The molecule has 1 aromatic rings. The van der Waals surface area contributed by atoms with Gasteiger partial charge in [0.1, 0.15) is 0 Å². The number of rotatable bonds is 2. The van der Waals surface area contributed by atoms with Crippen LogP contribution < -0.4 is 5.32 Å². The highest BCUT2D eigenvalue weighted by Crippen LogP contribution is 2.34. The van der Waals surface area contributed by atoms with E-state index in [-0.39, 0.29) is 12.0 Å². The first-order valence-corrected chi connectivity index (χ1v) is 6.58. The van der Waals surface area contributed by atoms with E-state index in [1.165, 1.54) is 0 Å². The predicted octanol–water partition coefficient (Wildman–Crippen LogP) is 4.49. The van der Waals surface area contributed by atoms with E-state index in [2.05, 4.69) is 11.4 Å². The zero-order valence-electron chi connectivity index (χ0n) is 9.42. The molecule has 1 aliphatic carbocycles. The minimum absolute atomic E-state index is 0.0519. The van der Waals surface area contributed by atoms with Crippen molar-refractivity contribution in [3.05, 3.63) is 28.2 Å². The van der Waals surface area contributed by atoms with Crippen molar-refractivity contribution in [2.45, 2.75) is 31.7 Å². The molecular weight excluding hydrogens is 255 g/mol. The van der Waals surface area contributed by atoms with E-state index in [4.69, 9.17) is 28.5 Å². The smallest absolute Gasteiger partial charge is 0.0721 e. The number of nitrogens with one attached hydrogen (secondary N) is 1. The van der Waals surface area contributed by atoms with E-state index in [0.29, 0.717) is 10.0 Å². The fourth-order valence-electron chi connectivity index (χ4n) is 2.28. The maximum absolute atomic E-state index is 9.12. The standard InChI is InChI=1S/C13H14Cl2N2/c14-10-5-3-6-11(15)13(10)17-12-7-2-1-4-9(12)8-16/h3,5-6,9,12,17H,1-2,4,7H2. The number of hydrogen-bond donors (Lipinski definition) is 1. The van der Waals surface area contributed by atoms with Gasteiger partial charge in [-0.15, -0.1) is 0 Å². The third-order valence-electron chi connectivity index (χ3n) is 3.22. The Hall–Kier alpha value is -0.910. The van der Waals surface area contributed by atoms with Crippen LogP contribution in [0.1, 0.15) is 25.7 Å². The largest absolute Gasteiger partial charge is 0.379 e. The van der Waals surface area contributed by atoms with Gasteiger partial charge in [0.25, 0.3) is 0 Å². The van der Waals surface area contributed by atoms with Crippen molar-refractivity contribution < 1.29 is 0 Å². The van der Waals surface area contributed by atoms with Gasteiger partial charge < -0.3 is 5.32 Å². The van der Waals surface area contributed by atoms with Crippen molar-refractivity contribution >= 4 is 28.9 Å². The molecule has 1 aliphatic rings. The highest BCUT2D eigenvalue weighted by atomic mass is 35.5. The summed E-state index contributed by atoms with van der Waals surface area (Å²) in [7, 11) is 0. The summed E-state index contributed by atoms with van der Waals surface area (Å²) >= 11 is 12.2. The van der Waals surface area contributed by atoms with Gasteiger partial charge >= 0.3 is 0 Å². The zero-order chi connectivity index (χ0) is 12.3. The number of benzene rings is 1. The summed E-state index contributed by atoms with van der Waals surface area (Å²) in [5.41, 5.74) is 0.753. The van der Waals surface area contributed by atoms with Crippen LogP contribution in [-0.4, -0.2) is 6.04 Å². The summed E-state index contributed by atoms with van der Waals surface area (Å²) in [5.74, 6) is 0.0519. The average Bonchev–Trinajstić information content (AvgIpc) is 2.34. The van der Waals surface area contributed by atoms with Crippen molar-refractivity contribution in [3.63, 3.8) is 0 Å². The Bertz CT molecular complexity index is 419. The summed E-state index contributed by atoms with van der Waals surface area (Å²) in [4.78, 5) is 0. The van der Waals surface area contributed by atoms with Gasteiger partial charge in [0.2, 0.25) is 0 Å². The molecule has 90 valence electrons. The first-order chi connectivity index (χ1) is 8.22. The number of nitrogens with zero attached hydrogens (tertiary/aromatic N) is 1. The lowest BCUT2D eigenvalue weighted by atomic mass is 9.85. The van der Waals surface area contributed by atoms with E-state index in [9.17, 15) is 0 Å². The Kier molecular flexibility index (Phi) is 4.15. The van der Waals surface area contributed by atoms with Gasteiger partial charge in [-0.3, -0.25) is 0 Å². The quantitative estimate of drug-likeness (QED) is 0.858. The van der Waals surface area contributed by atoms with Crippen LogP contribution in [0, 0.1) is 17.2 Å². The second-order valence-electron chi connectivity index (χ2n) is 4.37. The Balaban J connectivity index is 2.17. The van der Waals surface area contributed by atoms with Gasteiger partial charge in [0, 0.05) is 6.04 Å². The third-order valence-corrected chi connectivity index (χ3v) is 3.85. The molecule has 0 aromatic heterocycles. The topological polar surface area (TPSA) is 35.8 Å². The molecule has 2 atom stereocenters. The number of hydrogen-bond acceptors (Lipinski definition) is 2. The average molecular weight is 269 g/mol. The number of nitriles is 1. The molecule has 0 heterocycles. The Morgan fingerprint density at radius 1 is 1.18 bits per heavy atom. The lowest BCUT2D eigenvalue weighted by Gasteiger charge is -2.29. The van der Waals surface area contributed by atoms with E-state index in [1.807, 2.05) is 6.07 Å². The Morgan fingerprint density at radius 2 is 1.82 bits per heavy atom. The van der Waals surface area contributed by atoms with Gasteiger partial charge in [-0.2, -0.15) is 5.26 Å². The molecular formula is C13H14Cl2N2. The minimum atomic E-state index is 0.0519. The summed E-state index contributed by atoms with van der Waals surface area (Å²) in [6, 6.07) is 7.95. The highest BCUT2D eigenvalue weighted by Gasteiger charge is 2.25. The van der Waals surface area contributed by atoms with E-state index in [0.717, 1.165) is 31.4 Å². The molecule has 0 amide bonds. The summed E-state index contributed by atoms with van der Waals surface area (Å²) in [6.45, 7) is 0. The van der Waals surface area contributed by atoms with Gasteiger partial charge in [-0.05, 0) is 25.0 Å². The first kappa shape index (κ1) is 12.5. The fraction of sp³-hybridized carbons (Fsp3) is 0.462. The van der Waals surface area contributed by atoms with Crippen LogP contribution in [0.4, 0.5) is 5.69 Å². The van der Waals surface area contributed by atoms with Crippen LogP contribution in [0.15, 0.2) is 18.2 Å². The lowest BCUT2D eigenvalue weighted by molar-refractivity contribution is 0.389. The Labute approximate surface area is 112 Å². The van der Waals surface area contributed by atoms with Crippen molar-refractivity contribution in [1.29, 1.82) is 5.26 Å². The highest BCUT2D eigenvalue weighted by molar-refractivity contribution is 6.39. The maximum Gasteiger partial charge on any atom is 0.0721 e. The monoisotopic (exact) mass is 268 g/mol. The SMILES string of the molecule is N#CC1CCCCC1Nc1c(Cl)cccc1Cl. The van der Waals surface area contributed by atoms with Gasteiger partial charge in [0.15, 0.2) is 0 Å². The summed E-state index contributed by atoms with van der Waals surface area (Å²) < 4.78 is 0. The molecule has 0 radical (unpaired) electrons. The molecule has 2 nitrogen and oxygen atoms in total. The number of para-hydroxylation sites is 1. The van der Waals surface area contributed by atoms with Crippen LogP contribution in [0.5, 0.6) is 0 Å². The normalized spacial score (nSPS) is 24.1. The number of anilines is 1. The van der Waals surface area contributed by atoms with Crippen molar-refractivity contribution in [2.24, 2.45) is 5.92 Å². The van der Waals surface area contributed by atoms with Gasteiger partial charge in [-0.25, -0.2) is 0 Å². The van der Waals surface area contributed by atoms with E-state index >= 15 is 0 Å². The van der Waals surface area contributed by atoms with Crippen LogP contribution in [0.3, 0.4) is 0 Å². The molecule has 0 bridgehead atoms. The Morgan fingerprint density at radius 3 is 2.47 bits per heavy atom. The lowest BCUT2D eigenvalue weighted by Crippen LogP contribution is -2.31. The van der Waals surface area contributed by atoms with Crippen molar-refractivity contribution in [2.75, 3.05) is 5.32 Å². The molecule has 2 rings (SSSR count). The van der Waals surface area contributed by atoms with Crippen molar-refractivity contribution in [1.82, 2.24) is 0 Å². The molecule has 17 heavy (non-hydrogen) atoms. The third kappa shape index (κ3) is 2.86. The van der Waals surface area contributed by atoms with Crippen LogP contribution in [-0.2, 0) is 0 Å². The molecule has 0 spiro atoms. The van der Waals surface area contributed by atoms with E-state index < -0.39 is 0 Å². The van der Waals surface area contributed by atoms with Crippen LogP contribution >= 0.6 is 23.2 Å². The first-order valence-electron chi connectivity index (χ1n) is 5.82. The van der Waals surface area contributed by atoms with E-state index in [1.54, 1.807) is 12.1 Å². The van der Waals surface area contributed by atoms with Crippen molar-refractivity contribution in [3.8, 4) is 6.07 Å². The van der Waals surface area contributed by atoms with Crippen LogP contribution in [0.2, 0.25) is 10.0 Å². The molecule has 1 saturated carbocycles. The molecule has 4 heteroatoms. The zero-order valence-corrected chi connectivity index (χ0v) is 10.9. The molecule has 1 aromatic carbocycles. The maximum atomic E-state index is 9.12. The minimum Gasteiger partial charge on any atom is -0.379 e. The second kappa shape index (κ2) is 5.62. The fourth-order valence-corrected chi connectivity index (χ4v) is 2.79. The molecule has 2 unspecified atom stereocenters. The second-order valence-corrected chi connectivity index (χ2v) is 5.18.